The van der Waals surface area contributed by atoms with Gasteiger partial charge in [0.2, 0.25) is 0 Å². The van der Waals surface area contributed by atoms with Gasteiger partial charge in [-0.1, -0.05) is 17.7 Å². The fraction of sp³-hybridized carbons (Fsp3) is 0.571. The van der Waals surface area contributed by atoms with Gasteiger partial charge in [0.15, 0.2) is 0 Å². The first-order valence-corrected chi connectivity index (χ1v) is 7.77. The summed E-state index contributed by atoms with van der Waals surface area (Å²) in [5, 5.41) is 4.21. The van der Waals surface area contributed by atoms with Crippen molar-refractivity contribution in [3.05, 3.63) is 29.3 Å². The first-order chi connectivity index (χ1) is 8.55. The van der Waals surface area contributed by atoms with Gasteiger partial charge in [0.25, 0.3) is 0 Å². The van der Waals surface area contributed by atoms with Gasteiger partial charge in [-0.15, -0.1) is 0 Å². The van der Waals surface area contributed by atoms with E-state index < -0.39 is 0 Å². The topological polar surface area (TPSA) is 15.3 Å². The van der Waals surface area contributed by atoms with Crippen LogP contribution in [0.4, 0.5) is 5.69 Å². The van der Waals surface area contributed by atoms with Crippen molar-refractivity contribution in [1.82, 2.24) is 4.90 Å². The van der Waals surface area contributed by atoms with Gasteiger partial charge in [-0.05, 0) is 32.0 Å². The van der Waals surface area contributed by atoms with E-state index in [0.29, 0.717) is 4.75 Å². The molecular weight excluding hydrogens is 264 g/mol. The quantitative estimate of drug-likeness (QED) is 0.910. The Morgan fingerprint density at radius 1 is 1.44 bits per heavy atom. The molecule has 0 radical (unpaired) electrons. The molecule has 0 aromatic heterocycles. The molecule has 1 saturated heterocycles. The van der Waals surface area contributed by atoms with E-state index in [1.165, 1.54) is 18.8 Å². The van der Waals surface area contributed by atoms with Crippen molar-refractivity contribution in [2.24, 2.45) is 0 Å². The summed E-state index contributed by atoms with van der Waals surface area (Å²) in [5.74, 6) is 1.24. The summed E-state index contributed by atoms with van der Waals surface area (Å²) >= 11 is 8.03. The van der Waals surface area contributed by atoms with Crippen LogP contribution < -0.4 is 5.32 Å². The lowest BCUT2D eigenvalue weighted by atomic mass is 10.2. The van der Waals surface area contributed by atoms with Crippen molar-refractivity contribution in [1.29, 1.82) is 0 Å². The summed E-state index contributed by atoms with van der Waals surface area (Å²) in [6.45, 7) is 9.10. The first kappa shape index (κ1) is 14.0. The van der Waals surface area contributed by atoms with Crippen molar-refractivity contribution in [2.75, 3.05) is 37.2 Å². The maximum absolute atomic E-state index is 5.96. The van der Waals surface area contributed by atoms with Gasteiger partial charge in [-0.3, -0.25) is 4.90 Å². The molecule has 1 aliphatic heterocycles. The Balaban J connectivity index is 1.75. The number of benzene rings is 1. The van der Waals surface area contributed by atoms with E-state index in [2.05, 4.69) is 41.9 Å². The van der Waals surface area contributed by atoms with E-state index in [0.717, 1.165) is 23.8 Å². The van der Waals surface area contributed by atoms with E-state index in [1.807, 2.05) is 18.2 Å². The zero-order chi connectivity index (χ0) is 13.0. The minimum absolute atomic E-state index is 0.397. The fourth-order valence-electron chi connectivity index (χ4n) is 2.26. The average Bonchev–Trinajstić information content (AvgIpc) is 2.28. The van der Waals surface area contributed by atoms with E-state index in [4.69, 9.17) is 11.6 Å². The molecule has 2 nitrogen and oxygen atoms in total. The predicted octanol–water partition coefficient (Wildman–Crippen LogP) is 3.58. The highest BCUT2D eigenvalue weighted by Crippen LogP contribution is 2.29. The van der Waals surface area contributed by atoms with Gasteiger partial charge in [0.1, 0.15) is 0 Å². The molecule has 1 aliphatic rings. The third kappa shape index (κ3) is 4.38. The number of hydrogen-bond donors (Lipinski definition) is 1. The number of nitrogens with zero attached hydrogens (tertiary/aromatic N) is 1. The molecule has 0 saturated carbocycles. The maximum Gasteiger partial charge on any atom is 0.0426 e. The van der Waals surface area contributed by atoms with Crippen molar-refractivity contribution >= 4 is 29.1 Å². The van der Waals surface area contributed by atoms with E-state index in [-0.39, 0.29) is 0 Å². The molecule has 1 aromatic rings. The molecule has 1 aromatic carbocycles. The van der Waals surface area contributed by atoms with Crippen molar-refractivity contribution in [3.8, 4) is 0 Å². The molecule has 18 heavy (non-hydrogen) atoms. The summed E-state index contributed by atoms with van der Waals surface area (Å²) in [6, 6.07) is 7.90. The van der Waals surface area contributed by atoms with Crippen LogP contribution in [0.5, 0.6) is 0 Å². The number of thioether (sulfide) groups is 1. The van der Waals surface area contributed by atoms with Crippen LogP contribution in [0.1, 0.15) is 13.8 Å². The Morgan fingerprint density at radius 2 is 2.28 bits per heavy atom. The molecular formula is C14H21ClN2S. The molecule has 1 heterocycles. The highest BCUT2D eigenvalue weighted by atomic mass is 35.5. The van der Waals surface area contributed by atoms with Crippen LogP contribution in [0.2, 0.25) is 5.02 Å². The standard InChI is InChI=1S/C14H21ClN2S/c1-14(2)11-17(8-9-18-14)7-6-16-13-5-3-4-12(15)10-13/h3-5,10,16H,6-9,11H2,1-2H3. The molecule has 0 spiro atoms. The van der Waals surface area contributed by atoms with Gasteiger partial charge in [0, 0.05) is 47.4 Å². The monoisotopic (exact) mass is 284 g/mol. The van der Waals surface area contributed by atoms with Gasteiger partial charge in [0.05, 0.1) is 0 Å². The van der Waals surface area contributed by atoms with Crippen molar-refractivity contribution in [2.45, 2.75) is 18.6 Å². The lowest BCUT2D eigenvalue weighted by molar-refractivity contribution is 0.270. The van der Waals surface area contributed by atoms with Gasteiger partial charge < -0.3 is 5.32 Å². The SMILES string of the molecule is CC1(C)CN(CCNc2cccc(Cl)c2)CCS1. The van der Waals surface area contributed by atoms with Crippen LogP contribution in [0.3, 0.4) is 0 Å². The van der Waals surface area contributed by atoms with Crippen LogP contribution in [0.15, 0.2) is 24.3 Å². The Morgan fingerprint density at radius 3 is 3.00 bits per heavy atom. The average molecular weight is 285 g/mol. The van der Waals surface area contributed by atoms with E-state index in [1.54, 1.807) is 0 Å². The zero-order valence-corrected chi connectivity index (χ0v) is 12.7. The third-order valence-corrected chi connectivity index (χ3v) is 4.62. The van der Waals surface area contributed by atoms with Crippen LogP contribution in [0, 0.1) is 0 Å². The van der Waals surface area contributed by atoms with E-state index in [9.17, 15) is 0 Å². The molecule has 1 N–H and O–H groups in total. The van der Waals surface area contributed by atoms with E-state index >= 15 is 0 Å². The minimum atomic E-state index is 0.397. The Labute approximate surface area is 119 Å². The number of hydrogen-bond acceptors (Lipinski definition) is 3. The first-order valence-electron chi connectivity index (χ1n) is 6.41. The molecule has 0 aliphatic carbocycles. The summed E-state index contributed by atoms with van der Waals surface area (Å²) < 4.78 is 0.397. The highest BCUT2D eigenvalue weighted by Gasteiger charge is 2.26. The normalized spacial score (nSPS) is 19.7. The Bertz CT molecular complexity index is 395. The lowest BCUT2D eigenvalue weighted by Crippen LogP contribution is -2.44. The number of anilines is 1. The van der Waals surface area contributed by atoms with Crippen LogP contribution in [-0.2, 0) is 0 Å². The largest absolute Gasteiger partial charge is 0.384 e. The van der Waals surface area contributed by atoms with Crippen LogP contribution in [0.25, 0.3) is 0 Å². The van der Waals surface area contributed by atoms with Crippen LogP contribution >= 0.6 is 23.4 Å². The lowest BCUT2D eigenvalue weighted by Gasteiger charge is -2.37. The maximum atomic E-state index is 5.96. The molecule has 2 rings (SSSR count). The molecule has 0 amide bonds. The summed E-state index contributed by atoms with van der Waals surface area (Å²) in [6.07, 6.45) is 0. The van der Waals surface area contributed by atoms with Crippen molar-refractivity contribution in [3.63, 3.8) is 0 Å². The molecule has 0 atom stereocenters. The summed E-state index contributed by atoms with van der Waals surface area (Å²) in [7, 11) is 0. The predicted molar refractivity (Wildman–Crippen MR) is 82.9 cm³/mol. The zero-order valence-electron chi connectivity index (χ0n) is 11.1. The summed E-state index contributed by atoms with van der Waals surface area (Å²) in [4.78, 5) is 2.54. The minimum Gasteiger partial charge on any atom is -0.384 e. The number of rotatable bonds is 4. The Hall–Kier alpha value is -0.380. The highest BCUT2D eigenvalue weighted by molar-refractivity contribution is 8.00. The molecule has 4 heteroatoms. The second kappa shape index (κ2) is 6.18. The van der Waals surface area contributed by atoms with Gasteiger partial charge in [-0.25, -0.2) is 0 Å². The molecule has 0 bridgehead atoms. The second-order valence-electron chi connectivity index (χ2n) is 5.32. The second-order valence-corrected chi connectivity index (χ2v) is 7.56. The van der Waals surface area contributed by atoms with Crippen molar-refractivity contribution < 1.29 is 0 Å². The third-order valence-electron chi connectivity index (χ3n) is 3.09. The number of nitrogens with one attached hydrogen (secondary N) is 1. The smallest absolute Gasteiger partial charge is 0.0426 e. The Kier molecular flexibility index (Phi) is 4.82. The number of halogens is 1. The summed E-state index contributed by atoms with van der Waals surface area (Å²) in [5.41, 5.74) is 1.10. The van der Waals surface area contributed by atoms with Crippen LogP contribution in [-0.4, -0.2) is 41.6 Å². The van der Waals surface area contributed by atoms with Gasteiger partial charge >= 0.3 is 0 Å². The molecule has 0 unspecified atom stereocenters. The molecule has 100 valence electrons. The molecule has 1 fully saturated rings. The van der Waals surface area contributed by atoms with Gasteiger partial charge in [-0.2, -0.15) is 11.8 Å². The fourth-order valence-corrected chi connectivity index (χ4v) is 3.63.